The number of carbonyl (C=O) groups excluding carboxylic acids is 1. The van der Waals surface area contributed by atoms with Crippen LogP contribution in [0.5, 0.6) is 5.75 Å². The number of ether oxygens (including phenoxy) is 1. The van der Waals surface area contributed by atoms with Gasteiger partial charge in [-0.3, -0.25) is 4.79 Å². The first-order chi connectivity index (χ1) is 18.2. The number of unbranched alkanes of at least 4 members (excludes halogenated alkanes) is 3. The number of aliphatic hydroxyl groups excluding tert-OH is 1. The lowest BCUT2D eigenvalue weighted by molar-refractivity contribution is 0.00198. The van der Waals surface area contributed by atoms with Gasteiger partial charge in [0.1, 0.15) is 5.75 Å². The molecule has 37 heavy (non-hydrogen) atoms. The number of hydrogen-bond donors (Lipinski definition) is 1. The van der Waals surface area contributed by atoms with Crippen molar-refractivity contribution in [2.45, 2.75) is 45.4 Å². The zero-order valence-electron chi connectivity index (χ0n) is 21.4. The van der Waals surface area contributed by atoms with Crippen LogP contribution in [0.3, 0.4) is 0 Å². The minimum atomic E-state index is -1.10. The Bertz CT molecular complexity index is 1240. The van der Waals surface area contributed by atoms with Gasteiger partial charge >= 0.3 is 0 Å². The van der Waals surface area contributed by atoms with Crippen LogP contribution in [-0.4, -0.2) is 22.5 Å². The second-order valence-corrected chi connectivity index (χ2v) is 9.18. The molecule has 4 rings (SSSR count). The zero-order valence-corrected chi connectivity index (χ0v) is 21.4. The summed E-state index contributed by atoms with van der Waals surface area (Å²) in [7, 11) is 0. The van der Waals surface area contributed by atoms with E-state index in [1.54, 1.807) is 0 Å². The molecule has 0 aliphatic heterocycles. The summed E-state index contributed by atoms with van der Waals surface area (Å²) < 4.78 is 6.10. The molecular weight excluding hydrogens is 458 g/mol. The summed E-state index contributed by atoms with van der Waals surface area (Å²) in [4.78, 5) is 15.3. The molecule has 4 heteroatoms. The zero-order chi connectivity index (χ0) is 25.9. The van der Waals surface area contributed by atoms with Crippen molar-refractivity contribution in [2.75, 3.05) is 6.61 Å². The van der Waals surface area contributed by atoms with Gasteiger partial charge in [-0.2, -0.15) is 0 Å². The molecule has 0 spiro atoms. The molecule has 4 aromatic carbocycles. The van der Waals surface area contributed by atoms with Gasteiger partial charge in [0.05, 0.1) is 13.2 Å². The van der Waals surface area contributed by atoms with Crippen LogP contribution < -0.4 is 4.74 Å². The fourth-order valence-electron chi connectivity index (χ4n) is 4.35. The molecule has 1 unspecified atom stereocenters. The fraction of sp³-hybridized carbons (Fsp3) is 0.242. The van der Waals surface area contributed by atoms with E-state index in [0.717, 1.165) is 35.3 Å². The number of hydrogen-bond acceptors (Lipinski definition) is 3. The topological polar surface area (TPSA) is 49.8 Å². The van der Waals surface area contributed by atoms with Crippen LogP contribution in [0.4, 0.5) is 0 Å². The molecule has 0 aliphatic carbocycles. The second-order valence-electron chi connectivity index (χ2n) is 9.18. The number of nitrogens with zero attached hydrogens (tertiary/aromatic N) is 1. The highest BCUT2D eigenvalue weighted by atomic mass is 16.5. The summed E-state index contributed by atoms with van der Waals surface area (Å²) in [5.74, 6) is 0.505. The molecule has 4 aromatic rings. The van der Waals surface area contributed by atoms with Gasteiger partial charge in [-0.1, -0.05) is 117 Å². The third-order valence-corrected chi connectivity index (χ3v) is 6.46. The van der Waals surface area contributed by atoms with Crippen LogP contribution in [-0.2, 0) is 6.54 Å². The number of benzene rings is 4. The Morgan fingerprint density at radius 2 is 1.38 bits per heavy atom. The van der Waals surface area contributed by atoms with Gasteiger partial charge in [0, 0.05) is 16.7 Å². The Morgan fingerprint density at radius 3 is 2.08 bits per heavy atom. The molecule has 0 bridgehead atoms. The van der Waals surface area contributed by atoms with Crippen LogP contribution >= 0.6 is 0 Å². The van der Waals surface area contributed by atoms with Crippen molar-refractivity contribution in [3.05, 3.63) is 126 Å². The normalized spacial score (nSPS) is 11.6. The first-order valence-corrected chi connectivity index (χ1v) is 13.1. The molecule has 0 radical (unpaired) electrons. The maximum Gasteiger partial charge on any atom is 0.256 e. The first-order valence-electron chi connectivity index (χ1n) is 13.1. The van der Waals surface area contributed by atoms with Gasteiger partial charge in [0.15, 0.2) is 6.23 Å². The molecule has 1 N–H and O–H groups in total. The number of para-hydroxylation sites is 1. The Kier molecular flexibility index (Phi) is 9.50. The van der Waals surface area contributed by atoms with Gasteiger partial charge < -0.3 is 14.7 Å². The molecule has 0 saturated heterocycles. The highest BCUT2D eigenvalue weighted by Gasteiger charge is 2.26. The molecule has 0 aromatic heterocycles. The molecule has 0 heterocycles. The van der Waals surface area contributed by atoms with Gasteiger partial charge in [0.25, 0.3) is 5.91 Å². The van der Waals surface area contributed by atoms with E-state index in [0.29, 0.717) is 17.7 Å². The molecule has 0 fully saturated rings. The fourth-order valence-corrected chi connectivity index (χ4v) is 4.35. The summed E-state index contributed by atoms with van der Waals surface area (Å²) in [5, 5.41) is 11.3. The summed E-state index contributed by atoms with van der Waals surface area (Å²) in [5.41, 5.74) is 4.17. The van der Waals surface area contributed by atoms with E-state index in [1.807, 2.05) is 109 Å². The first kappa shape index (κ1) is 26.2. The van der Waals surface area contributed by atoms with Crippen molar-refractivity contribution < 1.29 is 14.6 Å². The van der Waals surface area contributed by atoms with Crippen molar-refractivity contribution in [2.24, 2.45) is 0 Å². The second kappa shape index (κ2) is 13.4. The lowest BCUT2D eigenvalue weighted by Gasteiger charge is -2.29. The lowest BCUT2D eigenvalue weighted by Crippen LogP contribution is -2.34. The summed E-state index contributed by atoms with van der Waals surface area (Å²) in [6, 6.07) is 34.7. The Morgan fingerprint density at radius 1 is 0.757 bits per heavy atom. The van der Waals surface area contributed by atoms with Crippen LogP contribution in [0.1, 0.15) is 60.3 Å². The van der Waals surface area contributed by atoms with E-state index in [9.17, 15) is 9.90 Å². The summed E-state index contributed by atoms with van der Waals surface area (Å²) in [6.45, 7) is 3.04. The van der Waals surface area contributed by atoms with Crippen molar-refractivity contribution in [3.8, 4) is 16.9 Å². The van der Waals surface area contributed by atoms with E-state index in [-0.39, 0.29) is 12.5 Å². The SMILES string of the molecule is CCCCCCOc1ccccc1CN(C(=O)c1ccc(-c2ccccc2)cc1)C(O)c1ccccc1. The highest BCUT2D eigenvalue weighted by Crippen LogP contribution is 2.28. The van der Waals surface area contributed by atoms with Crippen molar-refractivity contribution >= 4 is 5.91 Å². The van der Waals surface area contributed by atoms with Crippen LogP contribution in [0, 0.1) is 0 Å². The van der Waals surface area contributed by atoms with E-state index in [2.05, 4.69) is 6.92 Å². The van der Waals surface area contributed by atoms with Crippen molar-refractivity contribution in [3.63, 3.8) is 0 Å². The van der Waals surface area contributed by atoms with E-state index >= 15 is 0 Å². The summed E-state index contributed by atoms with van der Waals surface area (Å²) >= 11 is 0. The minimum absolute atomic E-state index is 0.223. The standard InChI is InChI=1S/C33H35NO3/c1-2-3-4-13-24-37-31-19-12-11-18-30(31)25-34(32(35)28-16-9-6-10-17-28)33(36)29-22-20-27(21-23-29)26-14-7-5-8-15-26/h5-12,14-23,32,35H,2-4,13,24-25H2,1H3. The Balaban J connectivity index is 1.58. The third-order valence-electron chi connectivity index (χ3n) is 6.46. The third kappa shape index (κ3) is 7.08. The maximum atomic E-state index is 13.8. The number of amides is 1. The predicted molar refractivity (Wildman–Crippen MR) is 149 cm³/mol. The number of carbonyl (C=O) groups is 1. The highest BCUT2D eigenvalue weighted by molar-refractivity contribution is 5.95. The molecule has 0 aliphatic rings. The minimum Gasteiger partial charge on any atom is -0.493 e. The lowest BCUT2D eigenvalue weighted by atomic mass is 10.0. The smallest absolute Gasteiger partial charge is 0.256 e. The van der Waals surface area contributed by atoms with Gasteiger partial charge in [-0.05, 0) is 35.7 Å². The average Bonchev–Trinajstić information content (AvgIpc) is 2.97. The van der Waals surface area contributed by atoms with Gasteiger partial charge in [-0.15, -0.1) is 0 Å². The Labute approximate surface area is 220 Å². The maximum absolute atomic E-state index is 13.8. The monoisotopic (exact) mass is 493 g/mol. The van der Waals surface area contributed by atoms with E-state index < -0.39 is 6.23 Å². The largest absolute Gasteiger partial charge is 0.493 e. The molecular formula is C33H35NO3. The van der Waals surface area contributed by atoms with Gasteiger partial charge in [0.2, 0.25) is 0 Å². The number of aliphatic hydroxyl groups is 1. The van der Waals surface area contributed by atoms with Crippen LogP contribution in [0.25, 0.3) is 11.1 Å². The predicted octanol–water partition coefficient (Wildman–Crippen LogP) is 7.65. The number of rotatable bonds is 12. The molecule has 4 nitrogen and oxygen atoms in total. The molecule has 1 amide bonds. The Hall–Kier alpha value is -3.89. The van der Waals surface area contributed by atoms with Crippen LogP contribution in [0.15, 0.2) is 109 Å². The van der Waals surface area contributed by atoms with Crippen molar-refractivity contribution in [1.29, 1.82) is 0 Å². The van der Waals surface area contributed by atoms with Gasteiger partial charge in [-0.25, -0.2) is 0 Å². The average molecular weight is 494 g/mol. The van der Waals surface area contributed by atoms with E-state index in [1.165, 1.54) is 17.7 Å². The van der Waals surface area contributed by atoms with Crippen LogP contribution in [0.2, 0.25) is 0 Å². The van der Waals surface area contributed by atoms with Crippen molar-refractivity contribution in [1.82, 2.24) is 4.90 Å². The molecule has 1 atom stereocenters. The molecule has 190 valence electrons. The quantitative estimate of drug-likeness (QED) is 0.163. The van der Waals surface area contributed by atoms with E-state index in [4.69, 9.17) is 4.74 Å². The molecule has 0 saturated carbocycles. The summed E-state index contributed by atoms with van der Waals surface area (Å²) in [6.07, 6.45) is 3.40.